The van der Waals surface area contributed by atoms with Gasteiger partial charge in [-0.15, -0.1) is 13.2 Å². The van der Waals surface area contributed by atoms with Crippen molar-refractivity contribution in [3.8, 4) is 5.75 Å². The molecule has 4 rings (SSSR count). The highest BCUT2D eigenvalue weighted by Crippen LogP contribution is 2.24. The van der Waals surface area contributed by atoms with Crippen molar-refractivity contribution in [2.75, 3.05) is 0 Å². The predicted octanol–water partition coefficient (Wildman–Crippen LogP) is 4.23. The number of nitrogens with one attached hydrogen (secondary N) is 2. The van der Waals surface area contributed by atoms with E-state index in [9.17, 15) is 18.0 Å². The number of carbonyl (C=O) groups is 1. The molecule has 1 atom stereocenters. The fraction of sp³-hybridized carbons (Fsp3) is 0.182. The summed E-state index contributed by atoms with van der Waals surface area (Å²) in [7, 11) is 0. The molecule has 0 bridgehead atoms. The maximum absolute atomic E-state index is 12.3. The van der Waals surface area contributed by atoms with Crippen molar-refractivity contribution in [3.63, 3.8) is 0 Å². The number of H-pyrrole nitrogens is 1. The molecular formula is C22H19F3N4O3. The van der Waals surface area contributed by atoms with E-state index in [0.717, 1.165) is 16.5 Å². The molecule has 32 heavy (non-hydrogen) atoms. The molecule has 4 N–H and O–H groups in total. The number of fused-ring (bicyclic) bond motifs is 1. The van der Waals surface area contributed by atoms with Crippen LogP contribution >= 0.6 is 0 Å². The summed E-state index contributed by atoms with van der Waals surface area (Å²) >= 11 is 0. The van der Waals surface area contributed by atoms with E-state index in [4.69, 9.17) is 10.2 Å². The summed E-state index contributed by atoms with van der Waals surface area (Å²) in [4.78, 5) is 19.7. The number of aromatic amines is 1. The number of benzene rings is 2. The van der Waals surface area contributed by atoms with Crippen molar-refractivity contribution < 1.29 is 27.1 Å². The number of para-hydroxylation sites is 1. The van der Waals surface area contributed by atoms with Crippen LogP contribution in [0.2, 0.25) is 0 Å². The number of amides is 1. The van der Waals surface area contributed by atoms with Crippen LogP contribution in [0.25, 0.3) is 10.9 Å². The number of ether oxygens (including phenoxy) is 1. The maximum Gasteiger partial charge on any atom is 0.573 e. The van der Waals surface area contributed by atoms with Crippen molar-refractivity contribution in [3.05, 3.63) is 83.7 Å². The molecule has 0 saturated carbocycles. The van der Waals surface area contributed by atoms with Crippen molar-refractivity contribution in [2.45, 2.75) is 25.4 Å². The number of nitrogens with zero attached hydrogens (tertiary/aromatic N) is 1. The number of hydrogen-bond acceptors (Lipinski definition) is 5. The molecule has 0 saturated heterocycles. The van der Waals surface area contributed by atoms with Crippen LogP contribution in [-0.4, -0.2) is 22.2 Å². The Kier molecular flexibility index (Phi) is 5.87. The summed E-state index contributed by atoms with van der Waals surface area (Å²) in [5.41, 5.74) is 8.88. The van der Waals surface area contributed by atoms with E-state index < -0.39 is 18.3 Å². The van der Waals surface area contributed by atoms with Crippen LogP contribution in [0.15, 0.2) is 65.4 Å². The number of hydrogen-bond donors (Lipinski definition) is 3. The lowest BCUT2D eigenvalue weighted by molar-refractivity contribution is -0.274. The van der Waals surface area contributed by atoms with Crippen LogP contribution in [0, 0.1) is 0 Å². The zero-order chi connectivity index (χ0) is 22.7. The third-order valence-corrected chi connectivity index (χ3v) is 4.80. The third-order valence-electron chi connectivity index (χ3n) is 4.80. The molecule has 166 valence electrons. The molecule has 0 fully saturated rings. The fourth-order valence-electron chi connectivity index (χ4n) is 3.27. The topological polar surface area (TPSA) is 106 Å². The highest BCUT2D eigenvalue weighted by molar-refractivity contribution is 5.91. The summed E-state index contributed by atoms with van der Waals surface area (Å²) in [6.07, 6.45) is -1.18. The summed E-state index contributed by atoms with van der Waals surface area (Å²) in [5, 5.41) is 3.69. The standard InChI is InChI=1S/C22H19F3N4O3/c23-22(24,25)32-15-7-5-13(6-8-15)10-28-20(30)19-12-31-21(29-19)17(26)9-14-11-27-18-4-2-1-3-16(14)18/h1-8,11-12,17,27H,9-10,26H2,(H,28,30). The van der Waals surface area contributed by atoms with Crippen molar-refractivity contribution in [1.82, 2.24) is 15.3 Å². The fourth-order valence-corrected chi connectivity index (χ4v) is 3.27. The minimum absolute atomic E-state index is 0.0615. The van der Waals surface area contributed by atoms with Gasteiger partial charge in [0.2, 0.25) is 5.89 Å². The number of nitrogens with two attached hydrogens (primary N) is 1. The zero-order valence-corrected chi connectivity index (χ0v) is 16.6. The maximum atomic E-state index is 12.3. The van der Waals surface area contributed by atoms with Crippen LogP contribution in [0.1, 0.15) is 33.5 Å². The zero-order valence-electron chi connectivity index (χ0n) is 16.6. The minimum Gasteiger partial charge on any atom is -0.446 e. The monoisotopic (exact) mass is 444 g/mol. The Balaban J connectivity index is 1.34. The van der Waals surface area contributed by atoms with Gasteiger partial charge in [0, 0.05) is 23.6 Å². The van der Waals surface area contributed by atoms with Gasteiger partial charge in [-0.1, -0.05) is 30.3 Å². The van der Waals surface area contributed by atoms with Gasteiger partial charge < -0.3 is 25.2 Å². The van der Waals surface area contributed by atoms with Crippen molar-refractivity contribution in [2.24, 2.45) is 5.73 Å². The lowest BCUT2D eigenvalue weighted by Gasteiger charge is -2.09. The Labute approximate surface area is 180 Å². The number of carbonyl (C=O) groups excluding carboxylic acids is 1. The van der Waals surface area contributed by atoms with Gasteiger partial charge in [-0.2, -0.15) is 0 Å². The number of aromatic nitrogens is 2. The highest BCUT2D eigenvalue weighted by Gasteiger charge is 2.31. The van der Waals surface area contributed by atoms with Gasteiger partial charge in [0.25, 0.3) is 5.91 Å². The normalized spacial score (nSPS) is 12.6. The highest BCUT2D eigenvalue weighted by atomic mass is 19.4. The second-order valence-corrected chi connectivity index (χ2v) is 7.12. The van der Waals surface area contributed by atoms with Crippen LogP contribution in [-0.2, 0) is 13.0 Å². The molecule has 0 aliphatic heterocycles. The SMILES string of the molecule is NC(Cc1c[nH]c2ccccc12)c1nc(C(=O)NCc2ccc(OC(F)(F)F)cc2)co1. The lowest BCUT2D eigenvalue weighted by atomic mass is 10.1. The summed E-state index contributed by atoms with van der Waals surface area (Å²) in [6, 6.07) is 12.5. The van der Waals surface area contributed by atoms with Crippen molar-refractivity contribution >= 4 is 16.8 Å². The molecule has 10 heteroatoms. The summed E-state index contributed by atoms with van der Waals surface area (Å²) in [6.45, 7) is 0.0920. The van der Waals surface area contributed by atoms with Crippen LogP contribution < -0.4 is 15.8 Å². The Bertz CT molecular complexity index is 1220. The lowest BCUT2D eigenvalue weighted by Crippen LogP contribution is -2.23. The Morgan fingerprint density at radius 3 is 2.69 bits per heavy atom. The Morgan fingerprint density at radius 1 is 1.19 bits per heavy atom. The molecule has 0 aliphatic rings. The van der Waals surface area contributed by atoms with Crippen LogP contribution in [0.4, 0.5) is 13.2 Å². The van der Waals surface area contributed by atoms with Crippen molar-refractivity contribution in [1.29, 1.82) is 0 Å². The molecule has 4 aromatic rings. The number of oxazole rings is 1. The van der Waals surface area contributed by atoms with E-state index in [1.807, 2.05) is 30.5 Å². The number of rotatable bonds is 7. The molecule has 1 unspecified atom stereocenters. The molecule has 0 aliphatic carbocycles. The quantitative estimate of drug-likeness (QED) is 0.396. The van der Waals surface area contributed by atoms with Gasteiger partial charge in [0.05, 0.1) is 6.04 Å². The molecule has 1 amide bonds. The van der Waals surface area contributed by atoms with E-state index in [1.54, 1.807) is 0 Å². The molecule has 0 radical (unpaired) electrons. The molecule has 2 heterocycles. The van der Waals surface area contributed by atoms with E-state index in [2.05, 4.69) is 20.0 Å². The van der Waals surface area contributed by atoms with Gasteiger partial charge in [0.1, 0.15) is 12.0 Å². The van der Waals surface area contributed by atoms with Crippen LogP contribution in [0.5, 0.6) is 5.75 Å². The molecule has 7 nitrogen and oxygen atoms in total. The van der Waals surface area contributed by atoms with Gasteiger partial charge in [0.15, 0.2) is 5.69 Å². The van der Waals surface area contributed by atoms with Gasteiger partial charge in [-0.3, -0.25) is 4.79 Å². The van der Waals surface area contributed by atoms with Gasteiger partial charge in [-0.05, 0) is 35.7 Å². The smallest absolute Gasteiger partial charge is 0.446 e. The Morgan fingerprint density at radius 2 is 1.94 bits per heavy atom. The summed E-state index contributed by atoms with van der Waals surface area (Å²) < 4.78 is 45.8. The van der Waals surface area contributed by atoms with E-state index in [0.29, 0.717) is 12.0 Å². The largest absolute Gasteiger partial charge is 0.573 e. The van der Waals surface area contributed by atoms with Crippen LogP contribution in [0.3, 0.4) is 0 Å². The first kappa shape index (κ1) is 21.4. The van der Waals surface area contributed by atoms with E-state index in [1.165, 1.54) is 30.5 Å². The molecule has 2 aromatic carbocycles. The first-order chi connectivity index (χ1) is 15.3. The van der Waals surface area contributed by atoms with E-state index in [-0.39, 0.29) is 23.9 Å². The first-order valence-corrected chi connectivity index (χ1v) is 9.67. The van der Waals surface area contributed by atoms with Gasteiger partial charge >= 0.3 is 6.36 Å². The average molecular weight is 444 g/mol. The minimum atomic E-state index is -4.75. The molecular weight excluding hydrogens is 425 g/mol. The third kappa shape index (κ3) is 5.09. The van der Waals surface area contributed by atoms with Gasteiger partial charge in [-0.25, -0.2) is 4.98 Å². The summed E-state index contributed by atoms with van der Waals surface area (Å²) in [5.74, 6) is -0.595. The molecule has 0 spiro atoms. The first-order valence-electron chi connectivity index (χ1n) is 9.67. The average Bonchev–Trinajstić information content (AvgIpc) is 3.40. The number of halogens is 3. The van der Waals surface area contributed by atoms with E-state index >= 15 is 0 Å². The second-order valence-electron chi connectivity index (χ2n) is 7.12. The molecule has 2 aromatic heterocycles. The number of alkyl halides is 3. The predicted molar refractivity (Wildman–Crippen MR) is 110 cm³/mol. The Hall–Kier alpha value is -3.79. The second kappa shape index (κ2) is 8.75.